The lowest BCUT2D eigenvalue weighted by Gasteiger charge is -2.30. The van der Waals surface area contributed by atoms with Crippen molar-refractivity contribution in [2.24, 2.45) is 11.1 Å². The first-order chi connectivity index (χ1) is 13.6. The molecule has 0 aliphatic carbocycles. The number of primary sulfonamides is 1. The van der Waals surface area contributed by atoms with Gasteiger partial charge in [-0.3, -0.25) is 4.79 Å². The molecule has 0 radical (unpaired) electrons. The maximum Gasteiger partial charge on any atom is 0.247 e. The number of thiophene rings is 1. The number of piperidine rings is 1. The molecule has 2 heterocycles. The zero-order valence-electron chi connectivity index (χ0n) is 15.7. The molecule has 1 aliphatic rings. The topological polar surface area (TPSA) is 127 Å². The number of rotatable bonds is 7. The predicted octanol–water partition coefficient (Wildman–Crippen LogP) is 1.25. The molecule has 3 rings (SSSR count). The monoisotopic (exact) mass is 457 g/mol. The Morgan fingerprint density at radius 2 is 1.72 bits per heavy atom. The smallest absolute Gasteiger partial charge is 0.247 e. The lowest BCUT2D eigenvalue weighted by Crippen LogP contribution is -2.43. The fraction of sp³-hybridized carbons (Fsp3) is 0.389. The highest BCUT2D eigenvalue weighted by Crippen LogP contribution is 2.23. The van der Waals surface area contributed by atoms with E-state index in [1.807, 2.05) is 6.07 Å². The van der Waals surface area contributed by atoms with Crippen LogP contribution in [0.25, 0.3) is 0 Å². The Labute approximate surface area is 174 Å². The van der Waals surface area contributed by atoms with Crippen molar-refractivity contribution in [2.45, 2.75) is 29.3 Å². The van der Waals surface area contributed by atoms with Crippen LogP contribution in [-0.4, -0.2) is 40.1 Å². The van der Waals surface area contributed by atoms with Gasteiger partial charge in [-0.2, -0.15) is 0 Å². The molecule has 1 fully saturated rings. The second kappa shape index (κ2) is 8.92. The van der Waals surface area contributed by atoms with E-state index < -0.39 is 20.0 Å². The van der Waals surface area contributed by atoms with Gasteiger partial charge in [-0.1, -0.05) is 30.3 Å². The standard InChI is InChI=1S/C18H23N3O5S3/c19-29(25,26)17-7-6-16(27-17)12-20-18(22)15-8-10-21(11-9-15)28(23,24)13-14-4-2-1-3-5-14/h1-7,15H,8-13H2,(H,20,22)(H2,19,25,26). The maximum atomic E-state index is 12.6. The number of carbonyl (C=O) groups excluding carboxylic acids is 1. The summed E-state index contributed by atoms with van der Waals surface area (Å²) in [5.74, 6) is -0.471. The first-order valence-electron chi connectivity index (χ1n) is 9.06. The predicted molar refractivity (Wildman–Crippen MR) is 111 cm³/mol. The number of amides is 1. The number of hydrogen-bond donors (Lipinski definition) is 2. The Hall–Kier alpha value is -1.79. The van der Waals surface area contributed by atoms with E-state index in [1.165, 1.54) is 10.4 Å². The Bertz CT molecular complexity index is 1060. The zero-order chi connectivity index (χ0) is 21.1. The van der Waals surface area contributed by atoms with Crippen molar-refractivity contribution >= 4 is 37.3 Å². The van der Waals surface area contributed by atoms with Crippen molar-refractivity contribution in [3.63, 3.8) is 0 Å². The van der Waals surface area contributed by atoms with E-state index in [2.05, 4.69) is 5.32 Å². The summed E-state index contributed by atoms with van der Waals surface area (Å²) in [6, 6.07) is 12.0. The van der Waals surface area contributed by atoms with Crippen LogP contribution in [0.2, 0.25) is 0 Å². The maximum absolute atomic E-state index is 12.6. The molecule has 11 heteroatoms. The fourth-order valence-electron chi connectivity index (χ4n) is 3.20. The summed E-state index contributed by atoms with van der Waals surface area (Å²) in [6.07, 6.45) is 0.902. The van der Waals surface area contributed by atoms with Gasteiger partial charge in [-0.15, -0.1) is 11.3 Å². The summed E-state index contributed by atoms with van der Waals surface area (Å²) in [4.78, 5) is 13.1. The molecule has 0 unspecified atom stereocenters. The minimum atomic E-state index is -3.74. The Morgan fingerprint density at radius 1 is 1.07 bits per heavy atom. The summed E-state index contributed by atoms with van der Waals surface area (Å²) >= 11 is 1.02. The zero-order valence-corrected chi connectivity index (χ0v) is 18.1. The van der Waals surface area contributed by atoms with Gasteiger partial charge in [-0.05, 0) is 30.5 Å². The van der Waals surface area contributed by atoms with E-state index in [0.717, 1.165) is 16.9 Å². The van der Waals surface area contributed by atoms with Gasteiger partial charge in [0.2, 0.25) is 26.0 Å². The number of benzene rings is 1. The third-order valence-corrected chi connectivity index (χ3v) is 9.14. The van der Waals surface area contributed by atoms with Crippen LogP contribution in [0, 0.1) is 5.92 Å². The highest BCUT2D eigenvalue weighted by atomic mass is 32.2. The Kier molecular flexibility index (Phi) is 6.74. The molecule has 0 spiro atoms. The van der Waals surface area contributed by atoms with Gasteiger partial charge in [0, 0.05) is 23.9 Å². The van der Waals surface area contributed by atoms with Crippen LogP contribution < -0.4 is 10.5 Å². The molecule has 158 valence electrons. The molecule has 3 N–H and O–H groups in total. The van der Waals surface area contributed by atoms with E-state index in [1.54, 1.807) is 30.3 Å². The van der Waals surface area contributed by atoms with E-state index in [4.69, 9.17) is 5.14 Å². The molecule has 0 atom stereocenters. The van der Waals surface area contributed by atoms with Crippen molar-refractivity contribution < 1.29 is 21.6 Å². The van der Waals surface area contributed by atoms with Gasteiger partial charge in [0.15, 0.2) is 0 Å². The largest absolute Gasteiger partial charge is 0.351 e. The second-order valence-electron chi connectivity index (χ2n) is 6.90. The van der Waals surface area contributed by atoms with E-state index in [9.17, 15) is 21.6 Å². The lowest BCUT2D eigenvalue weighted by atomic mass is 9.97. The third-order valence-electron chi connectivity index (χ3n) is 4.76. The minimum Gasteiger partial charge on any atom is -0.351 e. The molecule has 1 aliphatic heterocycles. The Balaban J connectivity index is 1.49. The molecule has 0 saturated carbocycles. The summed E-state index contributed by atoms with van der Waals surface area (Å²) in [6.45, 7) is 0.829. The van der Waals surface area contributed by atoms with Gasteiger partial charge in [0.1, 0.15) is 4.21 Å². The van der Waals surface area contributed by atoms with Gasteiger partial charge in [0.05, 0.1) is 12.3 Å². The van der Waals surface area contributed by atoms with Crippen molar-refractivity contribution in [1.82, 2.24) is 9.62 Å². The average Bonchev–Trinajstić information content (AvgIpc) is 3.16. The first kappa shape index (κ1) is 21.9. The molecule has 1 saturated heterocycles. The normalized spacial score (nSPS) is 16.6. The van der Waals surface area contributed by atoms with Crippen LogP contribution in [0.3, 0.4) is 0 Å². The van der Waals surface area contributed by atoms with Crippen molar-refractivity contribution in [3.8, 4) is 0 Å². The molecule has 0 bridgehead atoms. The number of nitrogens with zero attached hydrogens (tertiary/aromatic N) is 1. The van der Waals surface area contributed by atoms with Crippen molar-refractivity contribution in [2.75, 3.05) is 13.1 Å². The van der Waals surface area contributed by atoms with E-state index >= 15 is 0 Å². The second-order valence-corrected chi connectivity index (χ2v) is 11.8. The number of carbonyl (C=O) groups is 1. The van der Waals surface area contributed by atoms with E-state index in [-0.39, 0.29) is 28.3 Å². The fourth-order valence-corrected chi connectivity index (χ4v) is 6.48. The van der Waals surface area contributed by atoms with Crippen LogP contribution in [0.5, 0.6) is 0 Å². The average molecular weight is 458 g/mol. The van der Waals surface area contributed by atoms with Gasteiger partial charge in [0.25, 0.3) is 0 Å². The molecule has 2 aromatic rings. The molecule has 1 aromatic carbocycles. The molecular formula is C18H23N3O5S3. The van der Waals surface area contributed by atoms with E-state index in [0.29, 0.717) is 30.8 Å². The summed E-state index contributed by atoms with van der Waals surface area (Å²) in [5, 5.41) is 7.88. The SMILES string of the molecule is NS(=O)(=O)c1ccc(CNC(=O)C2CCN(S(=O)(=O)Cc3ccccc3)CC2)s1. The minimum absolute atomic E-state index is 0.0462. The highest BCUT2D eigenvalue weighted by molar-refractivity contribution is 7.91. The molecule has 1 amide bonds. The quantitative estimate of drug-likeness (QED) is 0.647. The van der Waals surface area contributed by atoms with Crippen LogP contribution in [0.4, 0.5) is 0 Å². The van der Waals surface area contributed by atoms with Gasteiger partial charge in [-0.25, -0.2) is 26.3 Å². The lowest BCUT2D eigenvalue weighted by molar-refractivity contribution is -0.126. The molecule has 8 nitrogen and oxygen atoms in total. The molecule has 1 aromatic heterocycles. The van der Waals surface area contributed by atoms with Crippen LogP contribution in [0.15, 0.2) is 46.7 Å². The van der Waals surface area contributed by atoms with Gasteiger partial charge < -0.3 is 5.32 Å². The number of nitrogens with one attached hydrogen (secondary N) is 1. The summed E-state index contributed by atoms with van der Waals surface area (Å²) in [5.41, 5.74) is 0.738. The van der Waals surface area contributed by atoms with Crippen molar-refractivity contribution in [3.05, 3.63) is 52.9 Å². The van der Waals surface area contributed by atoms with Crippen LogP contribution >= 0.6 is 11.3 Å². The van der Waals surface area contributed by atoms with Crippen LogP contribution in [-0.2, 0) is 37.1 Å². The summed E-state index contributed by atoms with van der Waals surface area (Å²) < 4.78 is 49.3. The van der Waals surface area contributed by atoms with Gasteiger partial charge >= 0.3 is 0 Å². The van der Waals surface area contributed by atoms with Crippen molar-refractivity contribution in [1.29, 1.82) is 0 Å². The Morgan fingerprint density at radius 3 is 2.31 bits per heavy atom. The molecular weight excluding hydrogens is 434 g/mol. The first-order valence-corrected chi connectivity index (χ1v) is 13.0. The van der Waals surface area contributed by atoms with Crippen LogP contribution in [0.1, 0.15) is 23.3 Å². The summed E-state index contributed by atoms with van der Waals surface area (Å²) in [7, 11) is -7.16. The highest BCUT2D eigenvalue weighted by Gasteiger charge is 2.31. The number of nitrogens with two attached hydrogens (primary N) is 1. The third kappa shape index (κ3) is 5.86. The number of hydrogen-bond acceptors (Lipinski definition) is 6. The molecule has 29 heavy (non-hydrogen) atoms. The number of sulfonamides is 2.